The van der Waals surface area contributed by atoms with E-state index in [1.54, 1.807) is 29.2 Å². The third-order valence-corrected chi connectivity index (χ3v) is 4.87. The Morgan fingerprint density at radius 1 is 1.24 bits per heavy atom. The van der Waals surface area contributed by atoms with Gasteiger partial charge in [0.25, 0.3) is 5.91 Å². The molecule has 3 rings (SSSR count). The number of halogens is 1. The zero-order valence-corrected chi connectivity index (χ0v) is 15.0. The molecule has 0 saturated carbocycles. The molecule has 7 heteroatoms. The third-order valence-electron chi connectivity index (χ3n) is 4.62. The Hall–Kier alpha value is -1.63. The summed E-state index contributed by atoms with van der Waals surface area (Å²) in [5.41, 5.74) is 0.538. The lowest BCUT2D eigenvalue weighted by Gasteiger charge is -2.31. The van der Waals surface area contributed by atoms with Gasteiger partial charge < -0.3 is 19.9 Å². The predicted molar refractivity (Wildman–Crippen MR) is 95.8 cm³/mol. The molecule has 2 saturated heterocycles. The molecule has 2 aliphatic rings. The summed E-state index contributed by atoms with van der Waals surface area (Å²) in [5, 5.41) is 3.81. The topological polar surface area (TPSA) is 61.9 Å². The van der Waals surface area contributed by atoms with Gasteiger partial charge in [0.1, 0.15) is 6.54 Å². The van der Waals surface area contributed by atoms with Gasteiger partial charge in [-0.15, -0.1) is 0 Å². The second-order valence-electron chi connectivity index (χ2n) is 6.46. The van der Waals surface area contributed by atoms with Gasteiger partial charge in [0.05, 0.1) is 6.10 Å². The van der Waals surface area contributed by atoms with Crippen LogP contribution in [0.4, 0.5) is 0 Å². The molecule has 2 aliphatic heterocycles. The summed E-state index contributed by atoms with van der Waals surface area (Å²) in [6, 6.07) is 6.78. The van der Waals surface area contributed by atoms with Crippen LogP contribution in [0.15, 0.2) is 24.3 Å². The van der Waals surface area contributed by atoms with E-state index in [0.717, 1.165) is 32.5 Å². The van der Waals surface area contributed by atoms with Crippen molar-refractivity contribution >= 4 is 23.4 Å². The zero-order valence-electron chi connectivity index (χ0n) is 14.2. The van der Waals surface area contributed by atoms with Gasteiger partial charge in [0.2, 0.25) is 5.91 Å². The normalized spacial score (nSPS) is 20.5. The molecule has 0 aromatic heterocycles. The first-order valence-corrected chi connectivity index (χ1v) is 9.16. The van der Waals surface area contributed by atoms with E-state index >= 15 is 0 Å². The van der Waals surface area contributed by atoms with Gasteiger partial charge in [0, 0.05) is 49.9 Å². The SMILES string of the molecule is O=C(CN(C[C@@H]1CCCO1)C(=O)c1ccc(Cl)cc1)N1CCNCC1. The number of hydrogen-bond acceptors (Lipinski definition) is 4. The molecule has 0 bridgehead atoms. The van der Waals surface area contributed by atoms with Crippen molar-refractivity contribution in [1.82, 2.24) is 15.1 Å². The number of rotatable bonds is 5. The molecule has 0 unspecified atom stereocenters. The van der Waals surface area contributed by atoms with E-state index < -0.39 is 0 Å². The Morgan fingerprint density at radius 2 is 1.96 bits per heavy atom. The first-order valence-electron chi connectivity index (χ1n) is 8.78. The maximum absolute atomic E-state index is 12.9. The van der Waals surface area contributed by atoms with Crippen molar-refractivity contribution in [1.29, 1.82) is 0 Å². The van der Waals surface area contributed by atoms with Crippen molar-refractivity contribution in [2.45, 2.75) is 18.9 Å². The maximum atomic E-state index is 12.9. The minimum absolute atomic E-state index is 0.00655. The lowest BCUT2D eigenvalue weighted by molar-refractivity contribution is -0.132. The van der Waals surface area contributed by atoms with E-state index in [9.17, 15) is 9.59 Å². The van der Waals surface area contributed by atoms with E-state index in [1.165, 1.54) is 0 Å². The molecule has 0 spiro atoms. The van der Waals surface area contributed by atoms with Gasteiger partial charge in [-0.3, -0.25) is 9.59 Å². The summed E-state index contributed by atoms with van der Waals surface area (Å²) < 4.78 is 5.67. The van der Waals surface area contributed by atoms with Crippen molar-refractivity contribution in [3.8, 4) is 0 Å². The molecule has 1 aromatic rings. The van der Waals surface area contributed by atoms with Gasteiger partial charge >= 0.3 is 0 Å². The lowest BCUT2D eigenvalue weighted by atomic mass is 10.1. The molecule has 2 heterocycles. The van der Waals surface area contributed by atoms with E-state index in [-0.39, 0.29) is 24.5 Å². The fraction of sp³-hybridized carbons (Fsp3) is 0.556. The van der Waals surface area contributed by atoms with Gasteiger partial charge in [0.15, 0.2) is 0 Å². The second-order valence-corrected chi connectivity index (χ2v) is 6.89. The highest BCUT2D eigenvalue weighted by molar-refractivity contribution is 6.30. The summed E-state index contributed by atoms with van der Waals surface area (Å²) >= 11 is 5.91. The molecule has 0 aliphatic carbocycles. The number of carbonyl (C=O) groups excluding carboxylic acids is 2. The van der Waals surface area contributed by atoms with E-state index in [0.29, 0.717) is 30.2 Å². The molecule has 136 valence electrons. The van der Waals surface area contributed by atoms with Crippen molar-refractivity contribution < 1.29 is 14.3 Å². The van der Waals surface area contributed by atoms with Crippen LogP contribution >= 0.6 is 11.6 Å². The summed E-state index contributed by atoms with van der Waals surface area (Å²) in [4.78, 5) is 28.9. The van der Waals surface area contributed by atoms with Crippen LogP contribution in [0.5, 0.6) is 0 Å². The van der Waals surface area contributed by atoms with Gasteiger partial charge in [-0.25, -0.2) is 0 Å². The van der Waals surface area contributed by atoms with Crippen LogP contribution in [0.1, 0.15) is 23.2 Å². The van der Waals surface area contributed by atoms with Crippen LogP contribution in [-0.4, -0.2) is 73.6 Å². The number of hydrogen-bond donors (Lipinski definition) is 1. The Balaban J connectivity index is 1.70. The van der Waals surface area contributed by atoms with Gasteiger partial charge in [-0.2, -0.15) is 0 Å². The Morgan fingerprint density at radius 3 is 2.60 bits per heavy atom. The quantitative estimate of drug-likeness (QED) is 0.856. The lowest BCUT2D eigenvalue weighted by Crippen LogP contribution is -2.51. The van der Waals surface area contributed by atoms with Gasteiger partial charge in [-0.05, 0) is 37.1 Å². The third kappa shape index (κ3) is 4.93. The number of ether oxygens (including phenoxy) is 1. The molecule has 0 radical (unpaired) electrons. The molecule has 25 heavy (non-hydrogen) atoms. The van der Waals surface area contributed by atoms with Gasteiger partial charge in [-0.1, -0.05) is 11.6 Å². The van der Waals surface area contributed by atoms with Crippen LogP contribution in [0.25, 0.3) is 0 Å². The number of piperazine rings is 1. The van der Waals surface area contributed by atoms with E-state index in [4.69, 9.17) is 16.3 Å². The summed E-state index contributed by atoms with van der Waals surface area (Å²) in [6.45, 7) is 4.20. The zero-order chi connectivity index (χ0) is 17.6. The van der Waals surface area contributed by atoms with Crippen molar-refractivity contribution in [2.75, 3.05) is 45.9 Å². The first kappa shape index (κ1) is 18.2. The number of nitrogens with zero attached hydrogens (tertiary/aromatic N) is 2. The first-order chi connectivity index (χ1) is 12.1. The Labute approximate surface area is 153 Å². The average molecular weight is 366 g/mol. The summed E-state index contributed by atoms with van der Waals surface area (Å²) in [6.07, 6.45) is 1.93. The van der Waals surface area contributed by atoms with Crippen LogP contribution in [0.2, 0.25) is 5.02 Å². The molecule has 2 fully saturated rings. The summed E-state index contributed by atoms with van der Waals surface area (Å²) in [5.74, 6) is -0.169. The number of amides is 2. The Bertz CT molecular complexity index is 596. The molecule has 6 nitrogen and oxygen atoms in total. The van der Waals surface area contributed by atoms with Crippen molar-refractivity contribution in [3.63, 3.8) is 0 Å². The molecule has 2 amide bonds. The molecular formula is C18H24ClN3O3. The monoisotopic (exact) mass is 365 g/mol. The van der Waals surface area contributed by atoms with Crippen molar-refractivity contribution in [2.24, 2.45) is 0 Å². The smallest absolute Gasteiger partial charge is 0.254 e. The number of nitrogens with one attached hydrogen (secondary N) is 1. The van der Waals surface area contributed by atoms with E-state index in [2.05, 4.69) is 5.32 Å². The van der Waals surface area contributed by atoms with Crippen LogP contribution in [-0.2, 0) is 9.53 Å². The Kier molecular flexibility index (Phi) is 6.29. The van der Waals surface area contributed by atoms with E-state index in [1.807, 2.05) is 4.90 Å². The number of benzene rings is 1. The maximum Gasteiger partial charge on any atom is 0.254 e. The fourth-order valence-corrected chi connectivity index (χ4v) is 3.33. The number of carbonyl (C=O) groups is 2. The fourth-order valence-electron chi connectivity index (χ4n) is 3.21. The highest BCUT2D eigenvalue weighted by Gasteiger charge is 2.27. The molecular weight excluding hydrogens is 342 g/mol. The minimum atomic E-state index is -0.157. The average Bonchev–Trinajstić information content (AvgIpc) is 3.15. The standard InChI is InChI=1S/C18H24ClN3O3/c19-15-5-3-14(4-6-15)18(24)22(12-16-2-1-11-25-16)13-17(23)21-9-7-20-8-10-21/h3-6,16,20H,1-2,7-13H2/t16-/m0/s1. The highest BCUT2D eigenvalue weighted by Crippen LogP contribution is 2.17. The largest absolute Gasteiger partial charge is 0.376 e. The van der Waals surface area contributed by atoms with Crippen LogP contribution < -0.4 is 5.32 Å². The summed E-state index contributed by atoms with van der Waals surface area (Å²) in [7, 11) is 0. The molecule has 1 aromatic carbocycles. The van der Waals surface area contributed by atoms with Crippen LogP contribution in [0, 0.1) is 0 Å². The second kappa shape index (κ2) is 8.65. The van der Waals surface area contributed by atoms with Crippen LogP contribution in [0.3, 0.4) is 0 Å². The highest BCUT2D eigenvalue weighted by atomic mass is 35.5. The van der Waals surface area contributed by atoms with Crippen molar-refractivity contribution in [3.05, 3.63) is 34.9 Å². The predicted octanol–water partition coefficient (Wildman–Crippen LogP) is 1.39. The molecule has 1 N–H and O–H groups in total. The molecule has 1 atom stereocenters. The minimum Gasteiger partial charge on any atom is -0.376 e.